The molecule has 2 atom stereocenters. The number of rotatable bonds is 1. The zero-order valence-corrected chi connectivity index (χ0v) is 10.8. The maximum Gasteiger partial charge on any atom is 0.0298 e. The highest BCUT2D eigenvalue weighted by molar-refractivity contribution is 5.65. The summed E-state index contributed by atoms with van der Waals surface area (Å²) in [6, 6.07) is 17.5. The van der Waals surface area contributed by atoms with Crippen molar-refractivity contribution in [3.05, 3.63) is 59.7 Å². The van der Waals surface area contributed by atoms with E-state index in [0.29, 0.717) is 5.92 Å². The van der Waals surface area contributed by atoms with Crippen molar-refractivity contribution < 1.29 is 0 Å². The van der Waals surface area contributed by atoms with Crippen molar-refractivity contribution >= 4 is 0 Å². The van der Waals surface area contributed by atoms with Crippen molar-refractivity contribution in [2.24, 2.45) is 5.73 Å². The molecule has 18 heavy (non-hydrogen) atoms. The minimum atomic E-state index is 0.208. The lowest BCUT2D eigenvalue weighted by Crippen LogP contribution is -2.19. The van der Waals surface area contributed by atoms with Gasteiger partial charge in [0.05, 0.1) is 0 Å². The van der Waals surface area contributed by atoms with Gasteiger partial charge in [-0.3, -0.25) is 0 Å². The Labute approximate surface area is 109 Å². The van der Waals surface area contributed by atoms with Gasteiger partial charge < -0.3 is 5.73 Å². The van der Waals surface area contributed by atoms with Crippen molar-refractivity contribution in [1.82, 2.24) is 0 Å². The summed E-state index contributed by atoms with van der Waals surface area (Å²) in [5, 5.41) is 0. The van der Waals surface area contributed by atoms with E-state index in [1.54, 1.807) is 0 Å². The largest absolute Gasteiger partial charge is 0.324 e. The van der Waals surface area contributed by atoms with Gasteiger partial charge in [0.25, 0.3) is 0 Å². The van der Waals surface area contributed by atoms with Crippen LogP contribution >= 0.6 is 0 Å². The van der Waals surface area contributed by atoms with Crippen LogP contribution in [0, 0.1) is 0 Å². The third-order valence-electron chi connectivity index (χ3n) is 4.03. The van der Waals surface area contributed by atoms with Gasteiger partial charge in [0.15, 0.2) is 0 Å². The third-order valence-corrected chi connectivity index (χ3v) is 4.03. The molecule has 1 aliphatic rings. The summed E-state index contributed by atoms with van der Waals surface area (Å²) in [4.78, 5) is 0. The standard InChI is InChI=1S/C17H19N/c1-12-7-10-17(18)16-11-14(8-9-15(12)16)13-5-3-2-4-6-13/h2-6,8-9,11-12,17H,7,10,18H2,1H3. The smallest absolute Gasteiger partial charge is 0.0298 e. The molecule has 0 spiro atoms. The molecule has 0 aromatic heterocycles. The van der Waals surface area contributed by atoms with Crippen LogP contribution in [0.2, 0.25) is 0 Å². The fourth-order valence-electron chi connectivity index (χ4n) is 2.90. The lowest BCUT2D eigenvalue weighted by atomic mass is 9.80. The number of hydrogen-bond acceptors (Lipinski definition) is 1. The van der Waals surface area contributed by atoms with Gasteiger partial charge in [0.1, 0.15) is 0 Å². The van der Waals surface area contributed by atoms with Crippen LogP contribution in [0.1, 0.15) is 42.9 Å². The average Bonchev–Trinajstić information content (AvgIpc) is 2.44. The Balaban J connectivity index is 2.08. The molecule has 2 aromatic rings. The van der Waals surface area contributed by atoms with E-state index in [4.69, 9.17) is 5.73 Å². The summed E-state index contributed by atoms with van der Waals surface area (Å²) in [5.74, 6) is 0.643. The first-order valence-corrected chi connectivity index (χ1v) is 6.70. The maximum atomic E-state index is 6.26. The summed E-state index contributed by atoms with van der Waals surface area (Å²) >= 11 is 0. The van der Waals surface area contributed by atoms with Crippen molar-refractivity contribution in [2.75, 3.05) is 0 Å². The highest BCUT2D eigenvalue weighted by Crippen LogP contribution is 2.37. The Hall–Kier alpha value is -1.60. The lowest BCUT2D eigenvalue weighted by molar-refractivity contribution is 0.514. The van der Waals surface area contributed by atoms with Crippen LogP contribution in [-0.4, -0.2) is 0 Å². The van der Waals surface area contributed by atoms with Gasteiger partial charge >= 0.3 is 0 Å². The Bertz CT molecular complexity index is 545. The molecule has 0 bridgehead atoms. The molecule has 2 N–H and O–H groups in total. The van der Waals surface area contributed by atoms with E-state index in [9.17, 15) is 0 Å². The molecule has 0 radical (unpaired) electrons. The van der Waals surface area contributed by atoms with Crippen LogP contribution < -0.4 is 5.73 Å². The number of nitrogens with two attached hydrogens (primary N) is 1. The molecule has 0 saturated heterocycles. The Morgan fingerprint density at radius 3 is 2.44 bits per heavy atom. The van der Waals surface area contributed by atoms with Gasteiger partial charge in [-0.1, -0.05) is 49.4 Å². The predicted octanol–water partition coefficient (Wildman–Crippen LogP) is 4.25. The molecule has 2 aromatic carbocycles. The van der Waals surface area contributed by atoms with Crippen LogP contribution in [0.5, 0.6) is 0 Å². The monoisotopic (exact) mass is 237 g/mol. The number of benzene rings is 2. The molecular weight excluding hydrogens is 218 g/mol. The first kappa shape index (κ1) is 11.5. The van der Waals surface area contributed by atoms with Crippen LogP contribution in [0.4, 0.5) is 0 Å². The number of fused-ring (bicyclic) bond motifs is 1. The van der Waals surface area contributed by atoms with Gasteiger partial charge in [0.2, 0.25) is 0 Å². The van der Waals surface area contributed by atoms with Crippen molar-refractivity contribution in [3.8, 4) is 11.1 Å². The van der Waals surface area contributed by atoms with Crippen molar-refractivity contribution in [3.63, 3.8) is 0 Å². The minimum Gasteiger partial charge on any atom is -0.324 e. The summed E-state index contributed by atoms with van der Waals surface area (Å²) < 4.78 is 0. The summed E-state index contributed by atoms with van der Waals surface area (Å²) in [6.45, 7) is 2.30. The van der Waals surface area contributed by atoms with Crippen LogP contribution in [0.25, 0.3) is 11.1 Å². The summed E-state index contributed by atoms with van der Waals surface area (Å²) in [7, 11) is 0. The molecule has 0 fully saturated rings. The van der Waals surface area contributed by atoms with E-state index >= 15 is 0 Å². The zero-order chi connectivity index (χ0) is 12.5. The van der Waals surface area contributed by atoms with Crippen molar-refractivity contribution in [1.29, 1.82) is 0 Å². The van der Waals surface area contributed by atoms with E-state index < -0.39 is 0 Å². The second kappa shape index (κ2) is 4.58. The Kier molecular flexibility index (Phi) is 2.92. The summed E-state index contributed by atoms with van der Waals surface area (Å²) in [5.41, 5.74) is 11.6. The predicted molar refractivity (Wildman–Crippen MR) is 76.5 cm³/mol. The normalized spacial score (nSPS) is 22.6. The molecule has 1 heteroatoms. The van der Waals surface area contributed by atoms with Gasteiger partial charge in [-0.05, 0) is 47.1 Å². The van der Waals surface area contributed by atoms with Crippen molar-refractivity contribution in [2.45, 2.75) is 31.7 Å². The topological polar surface area (TPSA) is 26.0 Å². The summed E-state index contributed by atoms with van der Waals surface area (Å²) in [6.07, 6.45) is 2.31. The molecule has 0 heterocycles. The molecular formula is C17H19N. The fourth-order valence-corrected chi connectivity index (χ4v) is 2.90. The molecule has 2 unspecified atom stereocenters. The second-order valence-electron chi connectivity index (χ2n) is 5.29. The van der Waals surface area contributed by atoms with E-state index in [-0.39, 0.29) is 6.04 Å². The molecule has 1 aliphatic carbocycles. The van der Waals surface area contributed by atoms with E-state index in [1.807, 2.05) is 0 Å². The third kappa shape index (κ3) is 1.95. The Morgan fingerprint density at radius 2 is 1.67 bits per heavy atom. The molecule has 3 rings (SSSR count). The molecule has 0 aliphatic heterocycles. The maximum absolute atomic E-state index is 6.26. The second-order valence-corrected chi connectivity index (χ2v) is 5.29. The molecule has 92 valence electrons. The van der Waals surface area contributed by atoms with Gasteiger partial charge in [-0.25, -0.2) is 0 Å². The average molecular weight is 237 g/mol. The first-order valence-electron chi connectivity index (χ1n) is 6.70. The van der Waals surface area contributed by atoms with Crippen LogP contribution in [-0.2, 0) is 0 Å². The number of hydrogen-bond donors (Lipinski definition) is 1. The van der Waals surface area contributed by atoms with E-state index in [2.05, 4.69) is 55.5 Å². The molecule has 1 nitrogen and oxygen atoms in total. The minimum absolute atomic E-state index is 0.208. The van der Waals surface area contributed by atoms with E-state index in [1.165, 1.54) is 28.7 Å². The highest BCUT2D eigenvalue weighted by atomic mass is 14.6. The zero-order valence-electron chi connectivity index (χ0n) is 10.8. The fraction of sp³-hybridized carbons (Fsp3) is 0.294. The molecule has 0 saturated carbocycles. The quantitative estimate of drug-likeness (QED) is 0.788. The van der Waals surface area contributed by atoms with Gasteiger partial charge in [-0.2, -0.15) is 0 Å². The van der Waals surface area contributed by atoms with E-state index in [0.717, 1.165) is 6.42 Å². The van der Waals surface area contributed by atoms with Gasteiger partial charge in [0, 0.05) is 6.04 Å². The van der Waals surface area contributed by atoms with Crippen LogP contribution in [0.15, 0.2) is 48.5 Å². The lowest BCUT2D eigenvalue weighted by Gasteiger charge is -2.28. The highest BCUT2D eigenvalue weighted by Gasteiger charge is 2.22. The molecule has 0 amide bonds. The van der Waals surface area contributed by atoms with Gasteiger partial charge in [-0.15, -0.1) is 0 Å². The van der Waals surface area contributed by atoms with Crippen LogP contribution in [0.3, 0.4) is 0 Å². The first-order chi connectivity index (χ1) is 8.75. The Morgan fingerprint density at radius 1 is 0.889 bits per heavy atom. The SMILES string of the molecule is CC1CCC(N)c2cc(-c3ccccc3)ccc21.